The first-order valence-corrected chi connectivity index (χ1v) is 4.24. The van der Waals surface area contributed by atoms with E-state index in [1.165, 1.54) is 19.2 Å². The summed E-state index contributed by atoms with van der Waals surface area (Å²) in [7, 11) is 0. The van der Waals surface area contributed by atoms with E-state index in [1.54, 1.807) is 0 Å². The van der Waals surface area contributed by atoms with E-state index < -0.39 is 5.54 Å². The van der Waals surface area contributed by atoms with Gasteiger partial charge in [-0.1, -0.05) is 18.0 Å². The van der Waals surface area contributed by atoms with Crippen LogP contribution in [0.25, 0.3) is 0 Å². The van der Waals surface area contributed by atoms with Gasteiger partial charge in [0, 0.05) is 0 Å². The zero-order valence-corrected chi connectivity index (χ0v) is 7.16. The van der Waals surface area contributed by atoms with Gasteiger partial charge in [0.1, 0.15) is 0 Å². The number of rotatable bonds is 3. The molecular formula is C8H13N3O. The first-order valence-electron chi connectivity index (χ1n) is 4.24. The van der Waals surface area contributed by atoms with Crippen molar-refractivity contribution in [3.05, 3.63) is 12.2 Å². The molecule has 0 aromatic carbocycles. The third-order valence-corrected chi connectivity index (χ3v) is 2.28. The first-order chi connectivity index (χ1) is 5.68. The van der Waals surface area contributed by atoms with Crippen LogP contribution in [0, 0.1) is 5.92 Å². The minimum atomic E-state index is -0.409. The second kappa shape index (κ2) is 2.55. The molecule has 12 heavy (non-hydrogen) atoms. The minimum absolute atomic E-state index is 0.409. The largest absolute Gasteiger partial charge is 0.343 e. The maximum atomic E-state index is 6.04. The summed E-state index contributed by atoms with van der Waals surface area (Å²) < 4.78 is 4.66. The van der Waals surface area contributed by atoms with Gasteiger partial charge in [-0.3, -0.25) is 0 Å². The van der Waals surface area contributed by atoms with Crippen LogP contribution in [0.4, 0.5) is 0 Å². The van der Waals surface area contributed by atoms with Gasteiger partial charge in [0.25, 0.3) is 0 Å². The van der Waals surface area contributed by atoms with Crippen molar-refractivity contribution >= 4 is 0 Å². The van der Waals surface area contributed by atoms with Crippen LogP contribution in [0.3, 0.4) is 0 Å². The Balaban J connectivity index is 2.08. The van der Waals surface area contributed by atoms with Crippen molar-refractivity contribution < 1.29 is 4.52 Å². The zero-order chi connectivity index (χ0) is 8.60. The highest BCUT2D eigenvalue weighted by Gasteiger charge is 2.34. The molecule has 1 saturated carbocycles. The SMILES string of the molecule is CC(N)(CC1CC1)c1ncon1. The average Bonchev–Trinajstić information content (AvgIpc) is 2.67. The van der Waals surface area contributed by atoms with Crippen molar-refractivity contribution in [3.63, 3.8) is 0 Å². The van der Waals surface area contributed by atoms with E-state index in [9.17, 15) is 0 Å². The van der Waals surface area contributed by atoms with E-state index in [2.05, 4.69) is 14.7 Å². The van der Waals surface area contributed by atoms with Crippen molar-refractivity contribution in [2.75, 3.05) is 0 Å². The fourth-order valence-electron chi connectivity index (χ4n) is 1.44. The second-order valence-electron chi connectivity index (χ2n) is 3.82. The molecule has 1 aromatic heterocycles. The fraction of sp³-hybridized carbons (Fsp3) is 0.750. The van der Waals surface area contributed by atoms with Crippen LogP contribution in [-0.4, -0.2) is 10.1 Å². The lowest BCUT2D eigenvalue weighted by Gasteiger charge is -2.19. The molecule has 1 atom stereocenters. The molecular weight excluding hydrogens is 154 g/mol. The van der Waals surface area contributed by atoms with E-state index in [-0.39, 0.29) is 0 Å². The van der Waals surface area contributed by atoms with Crippen molar-refractivity contribution in [2.45, 2.75) is 31.7 Å². The zero-order valence-electron chi connectivity index (χ0n) is 7.16. The summed E-state index contributed by atoms with van der Waals surface area (Å²) in [5.74, 6) is 1.40. The highest BCUT2D eigenvalue weighted by Crippen LogP contribution is 2.38. The third kappa shape index (κ3) is 1.48. The molecule has 4 heteroatoms. The molecule has 66 valence electrons. The summed E-state index contributed by atoms with van der Waals surface area (Å²) in [6.07, 6.45) is 4.88. The van der Waals surface area contributed by atoms with Gasteiger partial charge in [-0.2, -0.15) is 4.98 Å². The lowest BCUT2D eigenvalue weighted by Crippen LogP contribution is -2.34. The number of hydrogen-bond donors (Lipinski definition) is 1. The van der Waals surface area contributed by atoms with E-state index in [4.69, 9.17) is 5.73 Å². The summed E-state index contributed by atoms with van der Waals surface area (Å²) in [4.78, 5) is 3.97. The Morgan fingerprint density at radius 2 is 2.50 bits per heavy atom. The van der Waals surface area contributed by atoms with Crippen molar-refractivity contribution in [1.82, 2.24) is 10.1 Å². The monoisotopic (exact) mass is 167 g/mol. The first kappa shape index (κ1) is 7.73. The van der Waals surface area contributed by atoms with Gasteiger partial charge in [0.2, 0.25) is 6.39 Å². The highest BCUT2D eigenvalue weighted by atomic mass is 16.5. The molecule has 1 heterocycles. The smallest absolute Gasteiger partial charge is 0.213 e. The van der Waals surface area contributed by atoms with Crippen molar-refractivity contribution in [3.8, 4) is 0 Å². The summed E-state index contributed by atoms with van der Waals surface area (Å²) >= 11 is 0. The predicted molar refractivity (Wildman–Crippen MR) is 43.2 cm³/mol. The Morgan fingerprint density at radius 1 is 1.75 bits per heavy atom. The molecule has 0 radical (unpaired) electrons. The Kier molecular flexibility index (Phi) is 1.65. The van der Waals surface area contributed by atoms with Crippen LogP contribution in [-0.2, 0) is 5.54 Å². The van der Waals surface area contributed by atoms with Crippen LogP contribution in [0.1, 0.15) is 32.0 Å². The molecule has 1 unspecified atom stereocenters. The van der Waals surface area contributed by atoms with Crippen LogP contribution in [0.2, 0.25) is 0 Å². The van der Waals surface area contributed by atoms with E-state index in [1.807, 2.05) is 6.92 Å². The third-order valence-electron chi connectivity index (χ3n) is 2.28. The van der Waals surface area contributed by atoms with E-state index >= 15 is 0 Å². The molecule has 2 N–H and O–H groups in total. The van der Waals surface area contributed by atoms with Crippen LogP contribution < -0.4 is 5.73 Å². The minimum Gasteiger partial charge on any atom is -0.343 e. The molecule has 0 bridgehead atoms. The molecule has 1 aliphatic carbocycles. The van der Waals surface area contributed by atoms with Gasteiger partial charge in [0.15, 0.2) is 5.82 Å². The maximum absolute atomic E-state index is 6.04. The summed E-state index contributed by atoms with van der Waals surface area (Å²) in [5.41, 5.74) is 5.63. The quantitative estimate of drug-likeness (QED) is 0.730. The van der Waals surface area contributed by atoms with Crippen LogP contribution >= 0.6 is 0 Å². The normalized spacial score (nSPS) is 22.2. The number of nitrogens with two attached hydrogens (primary N) is 1. The molecule has 0 amide bonds. The molecule has 1 aliphatic rings. The average molecular weight is 167 g/mol. The summed E-state index contributed by atoms with van der Waals surface area (Å²) in [6.45, 7) is 1.95. The lowest BCUT2D eigenvalue weighted by atomic mass is 9.95. The van der Waals surface area contributed by atoms with Crippen LogP contribution in [0.5, 0.6) is 0 Å². The predicted octanol–water partition coefficient (Wildman–Crippen LogP) is 1.04. The molecule has 1 aromatic rings. The van der Waals surface area contributed by atoms with Gasteiger partial charge in [-0.05, 0) is 19.3 Å². The fourth-order valence-corrected chi connectivity index (χ4v) is 1.44. The van der Waals surface area contributed by atoms with E-state index in [0.717, 1.165) is 12.3 Å². The number of aromatic nitrogens is 2. The Morgan fingerprint density at radius 3 is 3.00 bits per heavy atom. The molecule has 4 nitrogen and oxygen atoms in total. The number of hydrogen-bond acceptors (Lipinski definition) is 4. The lowest BCUT2D eigenvalue weighted by molar-refractivity contribution is 0.355. The standard InChI is InChI=1S/C8H13N3O/c1-8(9,4-6-2-3-6)7-10-5-12-11-7/h5-6H,2-4,9H2,1H3. The Labute approximate surface area is 71.1 Å². The topological polar surface area (TPSA) is 64.9 Å². The van der Waals surface area contributed by atoms with Crippen LogP contribution in [0.15, 0.2) is 10.9 Å². The van der Waals surface area contributed by atoms with E-state index in [0.29, 0.717) is 5.82 Å². The second-order valence-corrected chi connectivity index (χ2v) is 3.82. The van der Waals surface area contributed by atoms with Gasteiger partial charge >= 0.3 is 0 Å². The summed E-state index contributed by atoms with van der Waals surface area (Å²) in [5, 5.41) is 3.76. The van der Waals surface area contributed by atoms with Crippen molar-refractivity contribution in [2.24, 2.45) is 11.7 Å². The summed E-state index contributed by atoms with van der Waals surface area (Å²) in [6, 6.07) is 0. The molecule has 2 rings (SSSR count). The highest BCUT2D eigenvalue weighted by molar-refractivity contribution is 5.01. The Hall–Kier alpha value is -0.900. The molecule has 1 fully saturated rings. The van der Waals surface area contributed by atoms with Gasteiger partial charge in [-0.25, -0.2) is 0 Å². The van der Waals surface area contributed by atoms with Crippen molar-refractivity contribution in [1.29, 1.82) is 0 Å². The molecule has 0 aliphatic heterocycles. The van der Waals surface area contributed by atoms with Gasteiger partial charge < -0.3 is 10.3 Å². The van der Waals surface area contributed by atoms with Gasteiger partial charge in [0.05, 0.1) is 5.54 Å². The van der Waals surface area contributed by atoms with Gasteiger partial charge in [-0.15, -0.1) is 0 Å². The molecule has 0 spiro atoms. The number of nitrogens with zero attached hydrogens (tertiary/aromatic N) is 2. The maximum Gasteiger partial charge on any atom is 0.213 e. The Bertz CT molecular complexity index is 251. The molecule has 0 saturated heterocycles.